The topological polar surface area (TPSA) is 76.1 Å². The van der Waals surface area contributed by atoms with Crippen LogP contribution < -0.4 is 5.32 Å². The highest BCUT2D eigenvalue weighted by Gasteiger charge is 2.19. The third-order valence-corrected chi connectivity index (χ3v) is 6.24. The molecule has 0 radical (unpaired) electrons. The Bertz CT molecular complexity index is 1070. The quantitative estimate of drug-likeness (QED) is 0.632. The fourth-order valence-electron chi connectivity index (χ4n) is 2.47. The van der Waals surface area contributed by atoms with Gasteiger partial charge in [-0.1, -0.05) is 40.2 Å². The Balaban J connectivity index is 1.90. The molecule has 1 aromatic heterocycles. The van der Waals surface area contributed by atoms with E-state index in [0.29, 0.717) is 5.13 Å². The second-order valence-electron chi connectivity index (χ2n) is 5.65. The van der Waals surface area contributed by atoms with E-state index in [0.717, 1.165) is 26.9 Å². The molecule has 0 bridgehead atoms. The molecule has 0 fully saturated rings. The van der Waals surface area contributed by atoms with E-state index in [-0.39, 0.29) is 10.5 Å². The van der Waals surface area contributed by atoms with Gasteiger partial charge >= 0.3 is 0 Å². The number of aromatic nitrogens is 1. The fourth-order valence-corrected chi connectivity index (χ4v) is 4.45. The van der Waals surface area contributed by atoms with Crippen molar-refractivity contribution >= 4 is 48.1 Å². The van der Waals surface area contributed by atoms with Crippen LogP contribution in [0.5, 0.6) is 0 Å². The van der Waals surface area contributed by atoms with E-state index in [9.17, 15) is 13.2 Å². The minimum atomic E-state index is -3.50. The lowest BCUT2D eigenvalue weighted by Gasteiger charge is -2.07. The van der Waals surface area contributed by atoms with E-state index in [1.807, 2.05) is 31.2 Å². The molecule has 0 spiro atoms. The fraction of sp³-hybridized carbons (Fsp3) is 0.111. The molecule has 5 nitrogen and oxygen atoms in total. The van der Waals surface area contributed by atoms with Gasteiger partial charge in [-0.05, 0) is 31.2 Å². The molecule has 0 saturated heterocycles. The maximum Gasteiger partial charge on any atom is 0.258 e. The zero-order valence-corrected chi connectivity index (χ0v) is 17.2. The van der Waals surface area contributed by atoms with Crippen molar-refractivity contribution in [1.29, 1.82) is 0 Å². The van der Waals surface area contributed by atoms with Gasteiger partial charge in [-0.25, -0.2) is 13.4 Å². The molecule has 0 aliphatic carbocycles. The number of hydrogen-bond donors (Lipinski definition) is 1. The van der Waals surface area contributed by atoms with Gasteiger partial charge in [0.2, 0.25) is 0 Å². The summed E-state index contributed by atoms with van der Waals surface area (Å²) in [6.07, 6.45) is 1.08. The molecule has 0 unspecified atom stereocenters. The number of benzene rings is 2. The van der Waals surface area contributed by atoms with E-state index in [2.05, 4.69) is 26.2 Å². The van der Waals surface area contributed by atoms with E-state index in [1.165, 1.54) is 23.5 Å². The lowest BCUT2D eigenvalue weighted by atomic mass is 10.1. The van der Waals surface area contributed by atoms with Crippen molar-refractivity contribution in [3.8, 4) is 11.3 Å². The minimum absolute atomic E-state index is 0.00101. The average molecular weight is 451 g/mol. The molecule has 0 aliphatic rings. The third-order valence-electron chi connectivity index (χ3n) is 3.67. The third kappa shape index (κ3) is 4.03. The van der Waals surface area contributed by atoms with Gasteiger partial charge in [0, 0.05) is 21.2 Å². The zero-order chi connectivity index (χ0) is 18.9. The predicted molar refractivity (Wildman–Crippen MR) is 107 cm³/mol. The highest BCUT2D eigenvalue weighted by molar-refractivity contribution is 9.10. The summed E-state index contributed by atoms with van der Waals surface area (Å²) in [6, 6.07) is 13.9. The number of carbonyl (C=O) groups is 1. The normalized spacial score (nSPS) is 11.3. The molecule has 1 amide bonds. The van der Waals surface area contributed by atoms with Crippen LogP contribution in [0.3, 0.4) is 0 Å². The van der Waals surface area contributed by atoms with E-state index < -0.39 is 15.7 Å². The van der Waals surface area contributed by atoms with Crippen molar-refractivity contribution in [3.63, 3.8) is 0 Å². The summed E-state index contributed by atoms with van der Waals surface area (Å²) in [5.41, 5.74) is 1.83. The number of nitrogens with zero attached hydrogens (tertiary/aromatic N) is 1. The van der Waals surface area contributed by atoms with Gasteiger partial charge in [0.25, 0.3) is 5.91 Å². The number of aryl methyl sites for hydroxylation is 1. The number of sulfone groups is 1. The van der Waals surface area contributed by atoms with Crippen molar-refractivity contribution in [2.45, 2.75) is 11.8 Å². The Hall–Kier alpha value is -2.03. The SMILES string of the molecule is Cc1sc(NC(=O)c2ccccc2S(C)(=O)=O)nc1-c1ccc(Br)cc1. The lowest BCUT2D eigenvalue weighted by Crippen LogP contribution is -2.15. The molecule has 1 N–H and O–H groups in total. The Morgan fingerprint density at radius 3 is 2.42 bits per heavy atom. The summed E-state index contributed by atoms with van der Waals surface area (Å²) in [6.45, 7) is 1.93. The lowest BCUT2D eigenvalue weighted by molar-refractivity contribution is 0.102. The van der Waals surface area contributed by atoms with Gasteiger partial charge in [-0.15, -0.1) is 11.3 Å². The average Bonchev–Trinajstić information content (AvgIpc) is 2.95. The van der Waals surface area contributed by atoms with Gasteiger partial charge in [-0.3, -0.25) is 10.1 Å². The molecular weight excluding hydrogens is 436 g/mol. The summed E-state index contributed by atoms with van der Waals surface area (Å²) in [5.74, 6) is -0.498. The first-order chi connectivity index (χ1) is 12.3. The van der Waals surface area contributed by atoms with Crippen LogP contribution in [0.2, 0.25) is 0 Å². The highest BCUT2D eigenvalue weighted by Crippen LogP contribution is 2.31. The number of nitrogens with one attached hydrogen (secondary N) is 1. The van der Waals surface area contributed by atoms with Crippen LogP contribution in [0, 0.1) is 6.92 Å². The number of rotatable bonds is 4. The van der Waals surface area contributed by atoms with E-state index in [4.69, 9.17) is 0 Å². The van der Waals surface area contributed by atoms with E-state index >= 15 is 0 Å². The van der Waals surface area contributed by atoms with Crippen LogP contribution in [-0.4, -0.2) is 25.6 Å². The zero-order valence-electron chi connectivity index (χ0n) is 14.0. The van der Waals surface area contributed by atoms with Crippen molar-refractivity contribution in [2.24, 2.45) is 0 Å². The summed E-state index contributed by atoms with van der Waals surface area (Å²) >= 11 is 4.74. The molecular formula is C18H15BrN2O3S2. The highest BCUT2D eigenvalue weighted by atomic mass is 79.9. The Morgan fingerprint density at radius 2 is 1.77 bits per heavy atom. The van der Waals surface area contributed by atoms with Crippen LogP contribution in [-0.2, 0) is 9.84 Å². The number of carbonyl (C=O) groups excluding carboxylic acids is 1. The first-order valence-corrected chi connectivity index (χ1v) is 11.1. The van der Waals surface area contributed by atoms with Crippen molar-refractivity contribution in [2.75, 3.05) is 11.6 Å². The molecule has 1 heterocycles. The Kier molecular flexibility index (Phi) is 5.27. The van der Waals surface area contributed by atoms with Gasteiger partial charge in [-0.2, -0.15) is 0 Å². The van der Waals surface area contributed by atoms with Crippen molar-refractivity contribution in [3.05, 3.63) is 63.4 Å². The summed E-state index contributed by atoms with van der Waals surface area (Å²) in [7, 11) is -3.50. The molecule has 3 aromatic rings. The van der Waals surface area contributed by atoms with Crippen LogP contribution in [0.4, 0.5) is 5.13 Å². The van der Waals surface area contributed by atoms with Crippen LogP contribution >= 0.6 is 27.3 Å². The number of anilines is 1. The molecule has 0 aliphatic heterocycles. The second-order valence-corrected chi connectivity index (χ2v) is 9.76. The van der Waals surface area contributed by atoms with Gasteiger partial charge < -0.3 is 0 Å². The van der Waals surface area contributed by atoms with Gasteiger partial charge in [0.05, 0.1) is 16.2 Å². The van der Waals surface area contributed by atoms with Crippen molar-refractivity contribution < 1.29 is 13.2 Å². The molecule has 3 rings (SSSR count). The first kappa shape index (κ1) is 18.8. The summed E-state index contributed by atoms with van der Waals surface area (Å²) < 4.78 is 24.7. The molecule has 26 heavy (non-hydrogen) atoms. The minimum Gasteiger partial charge on any atom is -0.298 e. The number of thiazole rings is 1. The van der Waals surface area contributed by atoms with Crippen LogP contribution in [0.1, 0.15) is 15.2 Å². The van der Waals surface area contributed by atoms with Crippen LogP contribution in [0.25, 0.3) is 11.3 Å². The van der Waals surface area contributed by atoms with Crippen LogP contribution in [0.15, 0.2) is 57.9 Å². The number of hydrogen-bond acceptors (Lipinski definition) is 5. The molecule has 0 atom stereocenters. The van der Waals surface area contributed by atoms with Gasteiger partial charge in [0.1, 0.15) is 0 Å². The van der Waals surface area contributed by atoms with Crippen molar-refractivity contribution in [1.82, 2.24) is 4.98 Å². The Labute approximate surface area is 164 Å². The van der Waals surface area contributed by atoms with E-state index in [1.54, 1.807) is 12.1 Å². The number of amides is 1. The monoisotopic (exact) mass is 450 g/mol. The number of halogens is 1. The van der Waals surface area contributed by atoms with Gasteiger partial charge in [0.15, 0.2) is 15.0 Å². The first-order valence-electron chi connectivity index (χ1n) is 7.59. The smallest absolute Gasteiger partial charge is 0.258 e. The Morgan fingerprint density at radius 1 is 1.12 bits per heavy atom. The maximum absolute atomic E-state index is 12.6. The maximum atomic E-state index is 12.6. The largest absolute Gasteiger partial charge is 0.298 e. The second kappa shape index (κ2) is 7.30. The molecule has 0 saturated carbocycles. The summed E-state index contributed by atoms with van der Waals surface area (Å²) in [4.78, 5) is 18.0. The molecule has 134 valence electrons. The summed E-state index contributed by atoms with van der Waals surface area (Å²) in [5, 5.41) is 3.13. The molecule has 2 aromatic carbocycles. The standard InChI is InChI=1S/C18H15BrN2O3S2/c1-11-16(12-7-9-13(19)10-8-12)20-18(25-11)21-17(22)14-5-3-4-6-15(14)26(2,23)24/h3-10H,1-2H3,(H,20,21,22). The predicted octanol–water partition coefficient (Wildman–Crippen LogP) is 4.54. The molecule has 8 heteroatoms.